The average Bonchev–Trinajstić information content (AvgIpc) is 2.28. The lowest BCUT2D eigenvalue weighted by Gasteiger charge is -2.15. The third kappa shape index (κ3) is 3.55. The predicted octanol–water partition coefficient (Wildman–Crippen LogP) is 1.35. The fourth-order valence-electron chi connectivity index (χ4n) is 1.40. The number of rotatable bonds is 6. The van der Waals surface area contributed by atoms with Gasteiger partial charge in [-0.1, -0.05) is 25.1 Å². The van der Waals surface area contributed by atoms with Gasteiger partial charge in [-0.25, -0.2) is 0 Å². The maximum absolute atomic E-state index is 10.6. The zero-order valence-corrected chi connectivity index (χ0v) is 9.48. The van der Waals surface area contributed by atoms with Crippen molar-refractivity contribution >= 4 is 5.91 Å². The van der Waals surface area contributed by atoms with Crippen LogP contribution in [-0.2, 0) is 4.79 Å². The number of amides is 1. The zero-order valence-electron chi connectivity index (χ0n) is 9.48. The van der Waals surface area contributed by atoms with Crippen LogP contribution < -0.4 is 16.2 Å². The summed E-state index contributed by atoms with van der Waals surface area (Å²) < 4.78 is 5.49. The molecule has 0 radical (unpaired) electrons. The molecule has 0 aliphatic rings. The van der Waals surface area contributed by atoms with Crippen molar-refractivity contribution in [1.29, 1.82) is 0 Å². The molecule has 0 saturated heterocycles. The molecular weight excluding hydrogens is 204 g/mol. The van der Waals surface area contributed by atoms with Crippen LogP contribution in [0.25, 0.3) is 0 Å². The van der Waals surface area contributed by atoms with Gasteiger partial charge in [0, 0.05) is 11.6 Å². The Balaban J connectivity index is 2.67. The Morgan fingerprint density at radius 2 is 2.12 bits per heavy atom. The molecule has 4 nitrogen and oxygen atoms in total. The van der Waals surface area contributed by atoms with Crippen molar-refractivity contribution in [2.45, 2.75) is 25.8 Å². The van der Waals surface area contributed by atoms with Crippen LogP contribution in [0, 0.1) is 0 Å². The van der Waals surface area contributed by atoms with E-state index in [1.165, 1.54) is 0 Å². The number of nitrogens with two attached hydrogens (primary N) is 2. The van der Waals surface area contributed by atoms with Crippen molar-refractivity contribution < 1.29 is 9.53 Å². The molecule has 16 heavy (non-hydrogen) atoms. The van der Waals surface area contributed by atoms with Crippen LogP contribution in [0.1, 0.15) is 31.4 Å². The van der Waals surface area contributed by atoms with Crippen LogP contribution in [-0.4, -0.2) is 12.5 Å². The number of hydrogen-bond acceptors (Lipinski definition) is 3. The Morgan fingerprint density at radius 1 is 1.44 bits per heavy atom. The summed E-state index contributed by atoms with van der Waals surface area (Å²) in [5.41, 5.74) is 12.0. The smallest absolute Gasteiger partial charge is 0.220 e. The lowest BCUT2D eigenvalue weighted by atomic mass is 10.0. The second-order valence-electron chi connectivity index (χ2n) is 3.62. The minimum Gasteiger partial charge on any atom is -0.493 e. The first-order valence-corrected chi connectivity index (χ1v) is 5.40. The van der Waals surface area contributed by atoms with E-state index >= 15 is 0 Å². The maximum atomic E-state index is 10.6. The summed E-state index contributed by atoms with van der Waals surface area (Å²) >= 11 is 0. The van der Waals surface area contributed by atoms with Gasteiger partial charge < -0.3 is 16.2 Å². The Bertz CT molecular complexity index is 353. The number of carbonyl (C=O) groups excluding carboxylic acids is 1. The van der Waals surface area contributed by atoms with E-state index in [1.54, 1.807) is 0 Å². The van der Waals surface area contributed by atoms with Crippen LogP contribution in [0.15, 0.2) is 24.3 Å². The quantitative estimate of drug-likeness (QED) is 0.762. The third-order valence-corrected chi connectivity index (χ3v) is 2.36. The molecule has 1 rings (SSSR count). The molecule has 1 atom stereocenters. The van der Waals surface area contributed by atoms with Gasteiger partial charge in [0.25, 0.3) is 0 Å². The standard InChI is InChI=1S/C12H18N2O2/c1-2-10(13)9-5-3-4-6-11(9)16-8-7-12(14)15/h3-6,10H,2,7-8,13H2,1H3,(H2,14,15)/t10-/m0/s1. The van der Waals surface area contributed by atoms with E-state index in [1.807, 2.05) is 31.2 Å². The average molecular weight is 222 g/mol. The number of para-hydroxylation sites is 1. The lowest BCUT2D eigenvalue weighted by Crippen LogP contribution is -2.16. The van der Waals surface area contributed by atoms with Crippen molar-refractivity contribution in [1.82, 2.24) is 0 Å². The molecule has 0 unspecified atom stereocenters. The first kappa shape index (κ1) is 12.5. The van der Waals surface area contributed by atoms with Crippen molar-refractivity contribution in [3.05, 3.63) is 29.8 Å². The molecule has 0 bridgehead atoms. The van der Waals surface area contributed by atoms with Gasteiger partial charge in [-0.05, 0) is 12.5 Å². The monoisotopic (exact) mass is 222 g/mol. The second kappa shape index (κ2) is 6.12. The SMILES string of the molecule is CC[C@H](N)c1ccccc1OCCC(N)=O. The van der Waals surface area contributed by atoms with Crippen LogP contribution >= 0.6 is 0 Å². The molecule has 0 spiro atoms. The number of hydrogen-bond donors (Lipinski definition) is 2. The van der Waals surface area contributed by atoms with Gasteiger partial charge in [0.05, 0.1) is 13.0 Å². The first-order valence-electron chi connectivity index (χ1n) is 5.40. The minimum atomic E-state index is -0.364. The summed E-state index contributed by atoms with van der Waals surface area (Å²) in [5.74, 6) is 0.371. The normalized spacial score (nSPS) is 12.1. The number of benzene rings is 1. The van der Waals surface area contributed by atoms with Crippen LogP contribution in [0.4, 0.5) is 0 Å². The van der Waals surface area contributed by atoms with Crippen molar-refractivity contribution in [3.63, 3.8) is 0 Å². The molecule has 4 heteroatoms. The molecule has 4 N–H and O–H groups in total. The number of primary amides is 1. The molecule has 0 aromatic heterocycles. The molecular formula is C12H18N2O2. The molecule has 1 amide bonds. The van der Waals surface area contributed by atoms with Gasteiger partial charge in [-0.15, -0.1) is 0 Å². The molecule has 1 aromatic carbocycles. The first-order chi connectivity index (χ1) is 7.65. The summed E-state index contributed by atoms with van der Waals surface area (Å²) in [6.07, 6.45) is 1.06. The van der Waals surface area contributed by atoms with Gasteiger partial charge >= 0.3 is 0 Å². The number of carbonyl (C=O) groups is 1. The summed E-state index contributed by atoms with van der Waals surface area (Å²) in [6, 6.07) is 7.56. The molecule has 88 valence electrons. The van der Waals surface area contributed by atoms with Gasteiger partial charge in [0.2, 0.25) is 5.91 Å². The van der Waals surface area contributed by atoms with E-state index in [9.17, 15) is 4.79 Å². The zero-order chi connectivity index (χ0) is 12.0. The third-order valence-electron chi connectivity index (χ3n) is 2.36. The highest BCUT2D eigenvalue weighted by Crippen LogP contribution is 2.25. The highest BCUT2D eigenvalue weighted by Gasteiger charge is 2.09. The Morgan fingerprint density at radius 3 is 2.75 bits per heavy atom. The predicted molar refractivity (Wildman–Crippen MR) is 63.0 cm³/mol. The van der Waals surface area contributed by atoms with Crippen LogP contribution in [0.2, 0.25) is 0 Å². The van der Waals surface area contributed by atoms with Crippen molar-refractivity contribution in [3.8, 4) is 5.75 Å². The van der Waals surface area contributed by atoms with Gasteiger partial charge in [-0.2, -0.15) is 0 Å². The highest BCUT2D eigenvalue weighted by molar-refractivity contribution is 5.73. The number of ether oxygens (including phenoxy) is 1. The second-order valence-corrected chi connectivity index (χ2v) is 3.62. The molecule has 0 aliphatic heterocycles. The molecule has 0 fully saturated rings. The van der Waals surface area contributed by atoms with E-state index in [0.29, 0.717) is 6.61 Å². The highest BCUT2D eigenvalue weighted by atomic mass is 16.5. The van der Waals surface area contributed by atoms with E-state index in [4.69, 9.17) is 16.2 Å². The topological polar surface area (TPSA) is 78.3 Å². The largest absolute Gasteiger partial charge is 0.493 e. The molecule has 0 aliphatic carbocycles. The summed E-state index contributed by atoms with van der Waals surface area (Å²) in [7, 11) is 0. The fraction of sp³-hybridized carbons (Fsp3) is 0.417. The van der Waals surface area contributed by atoms with Crippen LogP contribution in [0.3, 0.4) is 0 Å². The Hall–Kier alpha value is -1.55. The van der Waals surface area contributed by atoms with Gasteiger partial charge in [0.1, 0.15) is 5.75 Å². The van der Waals surface area contributed by atoms with E-state index in [-0.39, 0.29) is 18.4 Å². The Kier molecular flexibility index (Phi) is 4.79. The van der Waals surface area contributed by atoms with Crippen molar-refractivity contribution in [2.24, 2.45) is 11.5 Å². The maximum Gasteiger partial charge on any atom is 0.220 e. The fourth-order valence-corrected chi connectivity index (χ4v) is 1.40. The van der Waals surface area contributed by atoms with E-state index in [0.717, 1.165) is 17.7 Å². The van der Waals surface area contributed by atoms with E-state index in [2.05, 4.69) is 0 Å². The van der Waals surface area contributed by atoms with Gasteiger partial charge in [-0.3, -0.25) is 4.79 Å². The van der Waals surface area contributed by atoms with Crippen LogP contribution in [0.5, 0.6) is 5.75 Å². The minimum absolute atomic E-state index is 0.0372. The summed E-state index contributed by atoms with van der Waals surface area (Å²) in [4.78, 5) is 10.6. The molecule has 0 heterocycles. The molecule has 0 saturated carbocycles. The lowest BCUT2D eigenvalue weighted by molar-refractivity contribution is -0.118. The molecule has 1 aromatic rings. The summed E-state index contributed by atoms with van der Waals surface area (Å²) in [5, 5.41) is 0. The summed E-state index contributed by atoms with van der Waals surface area (Å²) in [6.45, 7) is 2.31. The Labute approximate surface area is 95.6 Å². The van der Waals surface area contributed by atoms with E-state index < -0.39 is 0 Å². The van der Waals surface area contributed by atoms with Crippen molar-refractivity contribution in [2.75, 3.05) is 6.61 Å². The van der Waals surface area contributed by atoms with Gasteiger partial charge in [0.15, 0.2) is 0 Å².